The Labute approximate surface area is 227 Å². The first-order chi connectivity index (χ1) is 17.9. The topological polar surface area (TPSA) is 64.4 Å². The predicted molar refractivity (Wildman–Crippen MR) is 151 cm³/mol. The van der Waals surface area contributed by atoms with E-state index in [-0.39, 0.29) is 6.42 Å². The number of unbranched alkanes of at least 4 members (excludes halogenated alkanes) is 1. The quantitative estimate of drug-likeness (QED) is 0.196. The summed E-state index contributed by atoms with van der Waals surface area (Å²) < 4.78 is 7.79. The van der Waals surface area contributed by atoms with Gasteiger partial charge in [0.15, 0.2) is 0 Å². The van der Waals surface area contributed by atoms with Gasteiger partial charge in [0.05, 0.1) is 17.3 Å². The average Bonchev–Trinajstić information content (AvgIpc) is 3.31. The summed E-state index contributed by atoms with van der Waals surface area (Å²) in [5.41, 5.74) is 4.94. The smallest absolute Gasteiger partial charge is 0.303 e. The molecule has 5 nitrogen and oxygen atoms in total. The van der Waals surface area contributed by atoms with Crippen LogP contribution in [0.1, 0.15) is 37.6 Å². The average molecular weight is 535 g/mol. The fraction of sp³-hybridized carbons (Fsp3) is 0.200. The maximum Gasteiger partial charge on any atom is 0.303 e. The molecule has 0 amide bonds. The van der Waals surface area contributed by atoms with E-state index in [0.717, 1.165) is 52.5 Å². The van der Waals surface area contributed by atoms with Crippen molar-refractivity contribution in [1.82, 2.24) is 9.55 Å². The Morgan fingerprint density at radius 1 is 0.973 bits per heavy atom. The van der Waals surface area contributed by atoms with E-state index in [1.807, 2.05) is 54.7 Å². The fourth-order valence-corrected chi connectivity index (χ4v) is 4.42. The zero-order valence-corrected chi connectivity index (χ0v) is 22.0. The third-order valence-corrected chi connectivity index (χ3v) is 6.48. The lowest BCUT2D eigenvalue weighted by Gasteiger charge is -2.07. The van der Waals surface area contributed by atoms with Crippen LogP contribution in [0.2, 0.25) is 10.0 Å². The third kappa shape index (κ3) is 7.25. The van der Waals surface area contributed by atoms with Crippen LogP contribution in [-0.2, 0) is 11.3 Å². The van der Waals surface area contributed by atoms with Gasteiger partial charge >= 0.3 is 5.97 Å². The van der Waals surface area contributed by atoms with Crippen molar-refractivity contribution in [2.45, 2.75) is 32.7 Å². The van der Waals surface area contributed by atoms with Gasteiger partial charge in [0, 0.05) is 29.7 Å². The van der Waals surface area contributed by atoms with Crippen molar-refractivity contribution in [3.8, 4) is 28.1 Å². The number of rotatable bonds is 11. The van der Waals surface area contributed by atoms with Crippen LogP contribution < -0.4 is 4.74 Å². The fourth-order valence-electron chi connectivity index (χ4n) is 3.91. The lowest BCUT2D eigenvalue weighted by Crippen LogP contribution is -2.00. The minimum absolute atomic E-state index is 0.175. The second kappa shape index (κ2) is 12.6. The minimum atomic E-state index is -0.772. The lowest BCUT2D eigenvalue weighted by atomic mass is 10.0. The van der Waals surface area contributed by atoms with Crippen molar-refractivity contribution in [1.29, 1.82) is 0 Å². The first kappa shape index (κ1) is 26.5. The Morgan fingerprint density at radius 3 is 2.32 bits per heavy atom. The molecule has 4 aromatic rings. The first-order valence-electron chi connectivity index (χ1n) is 12.2. The highest BCUT2D eigenvalue weighted by Gasteiger charge is 2.10. The Balaban J connectivity index is 1.39. The van der Waals surface area contributed by atoms with Crippen molar-refractivity contribution >= 4 is 41.3 Å². The summed E-state index contributed by atoms with van der Waals surface area (Å²) in [6, 6.07) is 21.7. The first-order valence-corrected chi connectivity index (χ1v) is 12.9. The molecular weight excluding hydrogens is 507 g/mol. The number of aliphatic carboxylic acids is 1. The molecule has 4 rings (SSSR count). The molecule has 0 saturated heterocycles. The van der Waals surface area contributed by atoms with Crippen molar-refractivity contribution < 1.29 is 14.6 Å². The SMILES string of the molecule is CCn1cc(-c2ccc(Cl)cc2Cl)nc1C=Cc1ccc(-c2ccc(OCCCCC(=O)O)cc2)cc1. The molecule has 1 N–H and O–H groups in total. The van der Waals surface area contributed by atoms with Gasteiger partial charge in [-0.05, 0) is 72.9 Å². The van der Waals surface area contributed by atoms with Gasteiger partial charge in [-0.3, -0.25) is 4.79 Å². The minimum Gasteiger partial charge on any atom is -0.494 e. The molecule has 0 aliphatic heterocycles. The molecule has 0 spiro atoms. The number of nitrogens with zero attached hydrogens (tertiary/aromatic N) is 2. The van der Waals surface area contributed by atoms with Gasteiger partial charge in [-0.1, -0.05) is 65.7 Å². The Bertz CT molecular complexity index is 1380. The summed E-state index contributed by atoms with van der Waals surface area (Å²) in [5.74, 6) is 0.863. The molecule has 0 radical (unpaired) electrons. The van der Waals surface area contributed by atoms with Crippen molar-refractivity contribution in [3.63, 3.8) is 0 Å². The number of carboxylic acid groups (broad SMARTS) is 1. The Hall–Kier alpha value is -3.54. The number of carboxylic acids is 1. The monoisotopic (exact) mass is 534 g/mol. The summed E-state index contributed by atoms with van der Waals surface area (Å²) in [5, 5.41) is 9.87. The van der Waals surface area contributed by atoms with E-state index < -0.39 is 5.97 Å². The van der Waals surface area contributed by atoms with E-state index >= 15 is 0 Å². The summed E-state index contributed by atoms with van der Waals surface area (Å²) in [4.78, 5) is 15.3. The number of aryl methyl sites for hydroxylation is 1. The Morgan fingerprint density at radius 2 is 1.68 bits per heavy atom. The largest absolute Gasteiger partial charge is 0.494 e. The van der Waals surface area contributed by atoms with Crippen LogP contribution in [0.5, 0.6) is 5.75 Å². The van der Waals surface area contributed by atoms with E-state index in [4.69, 9.17) is 38.0 Å². The number of halogens is 2. The molecule has 7 heteroatoms. The molecule has 0 unspecified atom stereocenters. The third-order valence-electron chi connectivity index (χ3n) is 5.93. The van der Waals surface area contributed by atoms with Crippen molar-refractivity contribution in [2.24, 2.45) is 0 Å². The van der Waals surface area contributed by atoms with Crippen LogP contribution >= 0.6 is 23.2 Å². The molecule has 190 valence electrons. The summed E-state index contributed by atoms with van der Waals surface area (Å²) in [7, 11) is 0. The number of carbonyl (C=O) groups is 1. The van der Waals surface area contributed by atoms with E-state index in [1.54, 1.807) is 6.07 Å². The lowest BCUT2D eigenvalue weighted by molar-refractivity contribution is -0.137. The van der Waals surface area contributed by atoms with Crippen molar-refractivity contribution in [3.05, 3.63) is 94.4 Å². The summed E-state index contributed by atoms with van der Waals surface area (Å²) in [6.07, 6.45) is 7.57. The van der Waals surface area contributed by atoms with Gasteiger partial charge in [0.2, 0.25) is 0 Å². The molecule has 1 heterocycles. The number of hydrogen-bond donors (Lipinski definition) is 1. The van der Waals surface area contributed by atoms with E-state index in [1.165, 1.54) is 0 Å². The molecule has 37 heavy (non-hydrogen) atoms. The molecule has 0 aliphatic rings. The molecule has 0 bridgehead atoms. The molecule has 0 saturated carbocycles. The summed E-state index contributed by atoms with van der Waals surface area (Å²) in [6.45, 7) is 3.38. The number of aromatic nitrogens is 2. The van der Waals surface area contributed by atoms with E-state index in [9.17, 15) is 4.79 Å². The van der Waals surface area contributed by atoms with Crippen molar-refractivity contribution in [2.75, 3.05) is 6.61 Å². The highest BCUT2D eigenvalue weighted by atomic mass is 35.5. The van der Waals surface area contributed by atoms with Gasteiger partial charge in [-0.2, -0.15) is 0 Å². The molecule has 0 fully saturated rings. The zero-order valence-electron chi connectivity index (χ0n) is 20.5. The van der Waals surface area contributed by atoms with Crippen LogP contribution in [-0.4, -0.2) is 27.2 Å². The second-order valence-electron chi connectivity index (χ2n) is 8.57. The van der Waals surface area contributed by atoms with Gasteiger partial charge in [0.25, 0.3) is 0 Å². The van der Waals surface area contributed by atoms with E-state index in [2.05, 4.69) is 35.8 Å². The predicted octanol–water partition coefficient (Wildman–Crippen LogP) is 8.35. The van der Waals surface area contributed by atoms with Crippen LogP contribution in [0.4, 0.5) is 0 Å². The number of hydrogen-bond acceptors (Lipinski definition) is 3. The Kier molecular flexibility index (Phi) is 9.04. The zero-order chi connectivity index (χ0) is 26.2. The number of imidazole rings is 1. The van der Waals surface area contributed by atoms with Gasteiger partial charge in [-0.25, -0.2) is 4.98 Å². The molecule has 0 atom stereocenters. The maximum atomic E-state index is 10.6. The van der Waals surface area contributed by atoms with Gasteiger partial charge in [0.1, 0.15) is 11.6 Å². The maximum absolute atomic E-state index is 10.6. The van der Waals surface area contributed by atoms with Crippen LogP contribution in [0.15, 0.2) is 72.9 Å². The highest BCUT2D eigenvalue weighted by molar-refractivity contribution is 6.36. The standard InChI is InChI=1S/C30H28Cl2N2O3/c1-2-34-20-28(26-16-13-24(31)19-27(26)32)33-29(34)17-8-21-6-9-22(10-7-21)23-11-14-25(15-12-23)37-18-4-3-5-30(35)36/h6-17,19-20H,2-5,18H2,1H3,(H,35,36). The normalized spacial score (nSPS) is 11.2. The summed E-state index contributed by atoms with van der Waals surface area (Å²) >= 11 is 12.4. The van der Waals surface area contributed by atoms with Gasteiger partial charge in [-0.15, -0.1) is 0 Å². The molecule has 1 aromatic heterocycles. The molecule has 0 aliphatic carbocycles. The second-order valence-corrected chi connectivity index (χ2v) is 9.42. The highest BCUT2D eigenvalue weighted by Crippen LogP contribution is 2.30. The van der Waals surface area contributed by atoms with Crippen LogP contribution in [0.25, 0.3) is 34.5 Å². The number of benzene rings is 3. The molecule has 3 aromatic carbocycles. The van der Waals surface area contributed by atoms with E-state index in [0.29, 0.717) is 23.1 Å². The van der Waals surface area contributed by atoms with Crippen LogP contribution in [0.3, 0.4) is 0 Å². The molecular formula is C30H28Cl2N2O3. The number of ether oxygens (including phenoxy) is 1. The van der Waals surface area contributed by atoms with Crippen LogP contribution in [0, 0.1) is 0 Å². The van der Waals surface area contributed by atoms with Gasteiger partial charge < -0.3 is 14.4 Å².